The summed E-state index contributed by atoms with van der Waals surface area (Å²) < 4.78 is 11.7. The highest BCUT2D eigenvalue weighted by Crippen LogP contribution is 2.37. The van der Waals surface area contributed by atoms with Crippen molar-refractivity contribution in [2.75, 3.05) is 6.54 Å². The lowest BCUT2D eigenvalue weighted by atomic mass is 9.77. The zero-order chi connectivity index (χ0) is 20.0. The van der Waals surface area contributed by atoms with E-state index >= 15 is 0 Å². The minimum atomic E-state index is -0.527. The molecule has 1 aliphatic heterocycles. The number of hydrogen-bond acceptors (Lipinski definition) is 4. The van der Waals surface area contributed by atoms with Crippen LogP contribution in [0.2, 0.25) is 0 Å². The van der Waals surface area contributed by atoms with Crippen molar-refractivity contribution in [2.24, 2.45) is 5.41 Å². The van der Waals surface area contributed by atoms with Crippen molar-refractivity contribution in [1.29, 1.82) is 0 Å². The summed E-state index contributed by atoms with van der Waals surface area (Å²) in [7, 11) is 0. The molecule has 1 N–H and O–H groups in total. The average Bonchev–Trinajstić information content (AvgIpc) is 2.47. The molecule has 2 unspecified atom stereocenters. The molecule has 6 heteroatoms. The molecule has 1 fully saturated rings. The molecule has 0 radical (unpaired) electrons. The average molecular weight is 372 g/mol. The van der Waals surface area contributed by atoms with Crippen molar-refractivity contribution in [3.05, 3.63) is 40.7 Å². The van der Waals surface area contributed by atoms with Crippen molar-refractivity contribution in [3.63, 3.8) is 0 Å². The molecule has 146 valence electrons. The van der Waals surface area contributed by atoms with Crippen molar-refractivity contribution in [1.82, 2.24) is 9.88 Å². The monoisotopic (exact) mass is 372 g/mol. The third-order valence-corrected chi connectivity index (χ3v) is 4.56. The fourth-order valence-electron chi connectivity index (χ4n) is 3.49. The number of H-pyrrole nitrogens is 1. The molecule has 1 saturated heterocycles. The van der Waals surface area contributed by atoms with Crippen LogP contribution >= 0.6 is 0 Å². The van der Waals surface area contributed by atoms with Crippen LogP contribution in [0, 0.1) is 5.41 Å². The number of nitrogens with one attached hydrogen (secondary N) is 1. The number of ether oxygens (including phenoxy) is 2. The van der Waals surface area contributed by atoms with Gasteiger partial charge in [-0.05, 0) is 50.5 Å². The Morgan fingerprint density at radius 3 is 2.44 bits per heavy atom. The number of rotatable bonds is 2. The molecule has 0 saturated carbocycles. The van der Waals surface area contributed by atoms with Gasteiger partial charge in [-0.3, -0.25) is 9.69 Å². The first kappa shape index (κ1) is 19.3. The summed E-state index contributed by atoms with van der Waals surface area (Å²) in [5.41, 5.74) is -0.0370. The van der Waals surface area contributed by atoms with Crippen LogP contribution in [0.1, 0.15) is 41.5 Å². The predicted molar refractivity (Wildman–Crippen MR) is 105 cm³/mol. The maximum atomic E-state index is 12.5. The highest BCUT2D eigenvalue weighted by molar-refractivity contribution is 5.79. The molecule has 2 atom stereocenters. The Hall–Kier alpha value is -2.50. The molecule has 1 aromatic heterocycles. The summed E-state index contributed by atoms with van der Waals surface area (Å²) in [4.78, 5) is 28.5. The third kappa shape index (κ3) is 4.26. The first-order chi connectivity index (χ1) is 12.4. The molecule has 6 nitrogen and oxygen atoms in total. The molecular weight excluding hydrogens is 344 g/mol. The van der Waals surface area contributed by atoms with Crippen LogP contribution < -0.4 is 10.3 Å². The highest BCUT2D eigenvalue weighted by Gasteiger charge is 2.51. The van der Waals surface area contributed by atoms with Gasteiger partial charge >= 0.3 is 6.09 Å². The van der Waals surface area contributed by atoms with Gasteiger partial charge in [-0.1, -0.05) is 20.8 Å². The van der Waals surface area contributed by atoms with E-state index in [1.165, 1.54) is 6.07 Å². The number of hydrogen-bond donors (Lipinski definition) is 1. The Morgan fingerprint density at radius 1 is 1.11 bits per heavy atom. The minimum absolute atomic E-state index is 0.0846. The Kier molecular flexibility index (Phi) is 4.70. The van der Waals surface area contributed by atoms with Crippen molar-refractivity contribution in [3.8, 4) is 5.75 Å². The van der Waals surface area contributed by atoms with Gasteiger partial charge in [0.2, 0.25) is 5.56 Å². The number of benzene rings is 1. The molecule has 3 rings (SSSR count). The molecule has 2 aromatic rings. The summed E-state index contributed by atoms with van der Waals surface area (Å²) in [6.07, 6.45) is -0.420. The van der Waals surface area contributed by atoms with Crippen LogP contribution in [0.15, 0.2) is 35.1 Å². The smallest absolute Gasteiger partial charge is 0.410 e. The van der Waals surface area contributed by atoms with Gasteiger partial charge < -0.3 is 14.5 Å². The normalized spacial score (nSPS) is 20.3. The van der Waals surface area contributed by atoms with E-state index in [1.54, 1.807) is 11.0 Å². The molecule has 1 aliphatic rings. The maximum Gasteiger partial charge on any atom is 0.410 e. The topological polar surface area (TPSA) is 71.6 Å². The third-order valence-electron chi connectivity index (χ3n) is 4.56. The molecule has 27 heavy (non-hydrogen) atoms. The second-order valence-corrected chi connectivity index (χ2v) is 9.17. The van der Waals surface area contributed by atoms with E-state index in [0.29, 0.717) is 6.54 Å². The number of pyridine rings is 1. The SMILES string of the molecule is CC(C)(C)OC(=O)N1CC(Oc2ccc3[nH]c(=O)ccc3c2)C1C(C)(C)C. The summed E-state index contributed by atoms with van der Waals surface area (Å²) in [6.45, 7) is 12.4. The second kappa shape index (κ2) is 6.59. The second-order valence-electron chi connectivity index (χ2n) is 9.17. The Bertz CT molecular complexity index is 905. The van der Waals surface area contributed by atoms with Gasteiger partial charge in [-0.2, -0.15) is 0 Å². The number of likely N-dealkylation sites (tertiary alicyclic amines) is 1. The zero-order valence-corrected chi connectivity index (χ0v) is 16.8. The van der Waals surface area contributed by atoms with Crippen LogP contribution in [-0.2, 0) is 4.74 Å². The largest absolute Gasteiger partial charge is 0.486 e. The van der Waals surface area contributed by atoms with E-state index in [0.717, 1.165) is 16.7 Å². The molecule has 0 aliphatic carbocycles. The Labute approximate surface area is 159 Å². The van der Waals surface area contributed by atoms with Gasteiger partial charge in [-0.15, -0.1) is 0 Å². The van der Waals surface area contributed by atoms with E-state index in [4.69, 9.17) is 9.47 Å². The molecule has 0 spiro atoms. The minimum Gasteiger partial charge on any atom is -0.486 e. The van der Waals surface area contributed by atoms with Crippen LogP contribution in [0.4, 0.5) is 4.79 Å². The molecule has 0 bridgehead atoms. The zero-order valence-electron chi connectivity index (χ0n) is 16.8. The summed E-state index contributed by atoms with van der Waals surface area (Å²) in [6, 6.07) is 8.77. The first-order valence-electron chi connectivity index (χ1n) is 9.23. The number of aromatic nitrogens is 1. The van der Waals surface area contributed by atoms with Crippen LogP contribution in [-0.4, -0.2) is 40.3 Å². The van der Waals surface area contributed by atoms with Crippen LogP contribution in [0.5, 0.6) is 5.75 Å². The number of carbonyl (C=O) groups excluding carboxylic acids is 1. The first-order valence-corrected chi connectivity index (χ1v) is 9.23. The number of amides is 1. The van der Waals surface area contributed by atoms with E-state index < -0.39 is 5.60 Å². The quantitative estimate of drug-likeness (QED) is 0.867. The fraction of sp³-hybridized carbons (Fsp3) is 0.524. The van der Waals surface area contributed by atoms with Gasteiger partial charge in [-0.25, -0.2) is 4.79 Å². The molecular formula is C21H28N2O4. The summed E-state index contributed by atoms with van der Waals surface area (Å²) in [5.74, 6) is 0.720. The van der Waals surface area contributed by atoms with E-state index in [1.807, 2.05) is 39.0 Å². The van der Waals surface area contributed by atoms with Crippen molar-refractivity contribution >= 4 is 17.0 Å². The lowest BCUT2D eigenvalue weighted by Crippen LogP contribution is -2.69. The van der Waals surface area contributed by atoms with Gasteiger partial charge in [0.25, 0.3) is 0 Å². The van der Waals surface area contributed by atoms with Gasteiger partial charge in [0.1, 0.15) is 17.5 Å². The van der Waals surface area contributed by atoms with Gasteiger partial charge in [0, 0.05) is 17.0 Å². The lowest BCUT2D eigenvalue weighted by molar-refractivity contribution is -0.0955. The Morgan fingerprint density at radius 2 is 1.81 bits per heavy atom. The van der Waals surface area contributed by atoms with E-state index in [9.17, 15) is 9.59 Å². The molecule has 2 heterocycles. The van der Waals surface area contributed by atoms with Crippen molar-refractivity contribution in [2.45, 2.75) is 59.3 Å². The van der Waals surface area contributed by atoms with E-state index in [-0.39, 0.29) is 29.2 Å². The standard InChI is InChI=1S/C21H28N2O4/c1-20(2,3)18-16(12-23(18)19(25)27-21(4,5)6)26-14-8-9-15-13(11-14)7-10-17(24)22-15/h7-11,16,18H,12H2,1-6H3,(H,22,24). The number of carbonyl (C=O) groups is 1. The number of nitrogens with zero attached hydrogens (tertiary/aromatic N) is 1. The van der Waals surface area contributed by atoms with Crippen molar-refractivity contribution < 1.29 is 14.3 Å². The van der Waals surface area contributed by atoms with Gasteiger partial charge in [0.15, 0.2) is 0 Å². The lowest BCUT2D eigenvalue weighted by Gasteiger charge is -2.53. The maximum absolute atomic E-state index is 12.5. The predicted octanol–water partition coefficient (Wildman–Crippen LogP) is 3.94. The van der Waals surface area contributed by atoms with Crippen LogP contribution in [0.3, 0.4) is 0 Å². The summed E-state index contributed by atoms with van der Waals surface area (Å²) >= 11 is 0. The number of fused-ring (bicyclic) bond motifs is 1. The fourth-order valence-corrected chi connectivity index (χ4v) is 3.49. The molecule has 1 aromatic carbocycles. The summed E-state index contributed by atoms with van der Waals surface area (Å²) in [5, 5.41) is 0.905. The van der Waals surface area contributed by atoms with Crippen LogP contribution in [0.25, 0.3) is 10.9 Å². The van der Waals surface area contributed by atoms with E-state index in [2.05, 4.69) is 25.8 Å². The van der Waals surface area contributed by atoms with Gasteiger partial charge in [0.05, 0.1) is 12.6 Å². The Balaban J connectivity index is 1.77. The molecule has 1 amide bonds. The number of aromatic amines is 1. The highest BCUT2D eigenvalue weighted by atomic mass is 16.6.